The lowest BCUT2D eigenvalue weighted by Crippen LogP contribution is -2.67. The summed E-state index contributed by atoms with van der Waals surface area (Å²) in [7, 11) is 3.41. The Morgan fingerprint density at radius 1 is 1.10 bits per heavy atom. The number of amides is 1. The number of pyridine rings is 1. The molecule has 0 aliphatic heterocycles. The maximum absolute atomic E-state index is 12.8. The van der Waals surface area contributed by atoms with E-state index in [1.54, 1.807) is 18.2 Å². The number of carbonyl (C=O) groups is 2. The molecule has 1 amide bonds. The Kier molecular flexibility index (Phi) is 4.93. The zero-order valence-electron chi connectivity index (χ0n) is 17.4. The molecule has 0 atom stereocenters. The van der Waals surface area contributed by atoms with Gasteiger partial charge in [0.1, 0.15) is 5.78 Å². The minimum atomic E-state index is -0.104. The molecule has 0 spiro atoms. The van der Waals surface area contributed by atoms with E-state index >= 15 is 0 Å². The van der Waals surface area contributed by atoms with Crippen LogP contribution in [-0.2, 0) is 21.4 Å². The van der Waals surface area contributed by atoms with Crippen LogP contribution in [0.5, 0.6) is 5.88 Å². The first kappa shape index (κ1) is 19.6. The minimum Gasteiger partial charge on any atom is -0.481 e. The molecule has 0 N–H and O–H groups in total. The fourth-order valence-electron chi connectivity index (χ4n) is 5.01. The van der Waals surface area contributed by atoms with Crippen LogP contribution in [0.15, 0.2) is 42.6 Å². The van der Waals surface area contributed by atoms with Crippen molar-refractivity contribution in [3.8, 4) is 5.88 Å². The number of aromatic nitrogens is 1. The van der Waals surface area contributed by atoms with Crippen molar-refractivity contribution in [2.75, 3.05) is 19.1 Å². The average molecular weight is 392 g/mol. The Bertz CT molecular complexity index is 898. The predicted octanol–water partition coefficient (Wildman–Crippen LogP) is 4.09. The molecule has 5 nitrogen and oxygen atoms in total. The number of nitrogens with zero attached hydrogens (tertiary/aromatic N) is 2. The number of hydrogen-bond donors (Lipinski definition) is 0. The molecule has 2 aromatic rings. The van der Waals surface area contributed by atoms with Crippen molar-refractivity contribution in [2.24, 2.45) is 5.41 Å². The molecule has 1 aromatic carbocycles. The van der Waals surface area contributed by atoms with Crippen LogP contribution in [0.2, 0.25) is 0 Å². The lowest BCUT2D eigenvalue weighted by Gasteiger charge is -2.70. The van der Waals surface area contributed by atoms with E-state index in [4.69, 9.17) is 4.74 Å². The van der Waals surface area contributed by atoms with E-state index in [9.17, 15) is 9.59 Å². The van der Waals surface area contributed by atoms with E-state index < -0.39 is 0 Å². The summed E-state index contributed by atoms with van der Waals surface area (Å²) in [6, 6.07) is 12.1. The fraction of sp³-hybridized carbons (Fsp3) is 0.458. The largest absolute Gasteiger partial charge is 0.481 e. The van der Waals surface area contributed by atoms with Crippen molar-refractivity contribution in [2.45, 2.75) is 50.9 Å². The summed E-state index contributed by atoms with van der Waals surface area (Å²) >= 11 is 0. The van der Waals surface area contributed by atoms with Gasteiger partial charge in [0.15, 0.2) is 0 Å². The number of carbonyl (C=O) groups excluding carboxylic acids is 2. The van der Waals surface area contributed by atoms with Crippen molar-refractivity contribution in [1.29, 1.82) is 0 Å². The molecule has 152 valence electrons. The Morgan fingerprint density at radius 3 is 2.34 bits per heavy atom. The lowest BCUT2D eigenvalue weighted by molar-refractivity contribution is -0.173. The summed E-state index contributed by atoms with van der Waals surface area (Å²) in [5, 5.41) is 0. The van der Waals surface area contributed by atoms with Crippen LogP contribution in [0.3, 0.4) is 0 Å². The van der Waals surface area contributed by atoms with Gasteiger partial charge in [0.2, 0.25) is 11.8 Å². The third-order valence-corrected chi connectivity index (χ3v) is 6.81. The van der Waals surface area contributed by atoms with Crippen molar-refractivity contribution >= 4 is 17.4 Å². The van der Waals surface area contributed by atoms with Gasteiger partial charge < -0.3 is 9.64 Å². The van der Waals surface area contributed by atoms with Gasteiger partial charge in [-0.1, -0.05) is 25.1 Å². The lowest BCUT2D eigenvalue weighted by atomic mass is 9.32. The molecule has 2 bridgehead atoms. The van der Waals surface area contributed by atoms with Crippen LogP contribution in [0.25, 0.3) is 0 Å². The third-order valence-electron chi connectivity index (χ3n) is 6.81. The van der Waals surface area contributed by atoms with Crippen LogP contribution >= 0.6 is 0 Å². The van der Waals surface area contributed by atoms with Crippen molar-refractivity contribution in [1.82, 2.24) is 4.98 Å². The van der Waals surface area contributed by atoms with Gasteiger partial charge in [-0.3, -0.25) is 9.59 Å². The molecule has 3 saturated carbocycles. The number of aryl methyl sites for hydroxylation is 1. The predicted molar refractivity (Wildman–Crippen MR) is 112 cm³/mol. The number of ether oxygens (including phenoxy) is 1. The second-order valence-electron chi connectivity index (χ2n) is 8.58. The normalized spacial score (nSPS) is 24.2. The zero-order valence-corrected chi connectivity index (χ0v) is 17.4. The standard InChI is InChI=1S/C24H28N2O3/c1-4-22(28)26(2)19-9-7-18(8-10-19)23-14-24(15-23,16-23)20(27)11-5-17-6-12-21(29-3)25-13-17/h6-10,12-13H,4-5,11,14-16H2,1-3H3. The van der Waals surface area contributed by atoms with Gasteiger partial charge in [0, 0.05) is 43.3 Å². The second kappa shape index (κ2) is 7.29. The molecule has 0 unspecified atom stereocenters. The van der Waals surface area contributed by atoms with Gasteiger partial charge in [-0.15, -0.1) is 0 Å². The van der Waals surface area contributed by atoms with Crippen LogP contribution in [0.4, 0.5) is 5.69 Å². The topological polar surface area (TPSA) is 59.5 Å². The number of methoxy groups -OCH3 is 1. The van der Waals surface area contributed by atoms with Gasteiger partial charge in [0.05, 0.1) is 7.11 Å². The highest BCUT2D eigenvalue weighted by Gasteiger charge is 2.70. The quantitative estimate of drug-likeness (QED) is 0.679. The summed E-state index contributed by atoms with van der Waals surface area (Å²) < 4.78 is 5.08. The number of rotatable bonds is 8. The van der Waals surface area contributed by atoms with Crippen molar-refractivity contribution < 1.29 is 14.3 Å². The Labute approximate surface area is 172 Å². The number of ketones is 1. The van der Waals surface area contributed by atoms with E-state index in [1.165, 1.54) is 5.56 Å². The van der Waals surface area contributed by atoms with Gasteiger partial charge in [-0.05, 0) is 54.4 Å². The summed E-state index contributed by atoms with van der Waals surface area (Å²) in [4.78, 5) is 30.6. The first-order valence-corrected chi connectivity index (χ1v) is 10.3. The summed E-state index contributed by atoms with van der Waals surface area (Å²) in [6.45, 7) is 1.87. The molecule has 3 fully saturated rings. The molecule has 0 saturated heterocycles. The number of hydrogen-bond acceptors (Lipinski definition) is 4. The molecular weight excluding hydrogens is 364 g/mol. The molecule has 29 heavy (non-hydrogen) atoms. The van der Waals surface area contributed by atoms with Gasteiger partial charge in [0.25, 0.3) is 0 Å². The van der Waals surface area contributed by atoms with Crippen LogP contribution in [0, 0.1) is 5.41 Å². The second-order valence-corrected chi connectivity index (χ2v) is 8.58. The van der Waals surface area contributed by atoms with Gasteiger partial charge in [-0.2, -0.15) is 0 Å². The van der Waals surface area contributed by atoms with Crippen molar-refractivity contribution in [3.05, 3.63) is 53.7 Å². The van der Waals surface area contributed by atoms with Crippen LogP contribution < -0.4 is 9.64 Å². The highest BCUT2D eigenvalue weighted by Crippen LogP contribution is 2.74. The minimum absolute atomic E-state index is 0.104. The molecule has 1 heterocycles. The molecule has 1 aromatic heterocycles. The maximum Gasteiger partial charge on any atom is 0.226 e. The zero-order chi connectivity index (χ0) is 20.6. The summed E-state index contributed by atoms with van der Waals surface area (Å²) in [5.41, 5.74) is 3.36. The van der Waals surface area contributed by atoms with Crippen LogP contribution in [-0.4, -0.2) is 30.8 Å². The van der Waals surface area contributed by atoms with E-state index in [1.807, 2.05) is 38.2 Å². The SMILES string of the molecule is CCC(=O)N(C)c1ccc(C23CC(C(=O)CCc4ccc(OC)nc4)(C2)C3)cc1. The molecule has 5 rings (SSSR count). The number of Topliss-reactive ketones (excluding diaryl/α,β-unsaturated/α-hetero) is 1. The molecule has 5 heteroatoms. The fourth-order valence-corrected chi connectivity index (χ4v) is 5.01. The van der Waals surface area contributed by atoms with Crippen molar-refractivity contribution in [3.63, 3.8) is 0 Å². The Balaban J connectivity index is 1.32. The molecule has 3 aliphatic carbocycles. The van der Waals surface area contributed by atoms with E-state index in [2.05, 4.69) is 17.1 Å². The highest BCUT2D eigenvalue weighted by molar-refractivity contribution is 5.92. The summed E-state index contributed by atoms with van der Waals surface area (Å²) in [5.74, 6) is 1.10. The summed E-state index contributed by atoms with van der Waals surface area (Å²) in [6.07, 6.45) is 6.48. The first-order chi connectivity index (χ1) is 13.9. The first-order valence-electron chi connectivity index (χ1n) is 10.3. The van der Waals surface area contributed by atoms with Gasteiger partial charge in [-0.25, -0.2) is 4.98 Å². The number of benzene rings is 1. The monoisotopic (exact) mass is 392 g/mol. The smallest absolute Gasteiger partial charge is 0.226 e. The van der Waals surface area contributed by atoms with E-state index in [-0.39, 0.29) is 16.7 Å². The van der Waals surface area contributed by atoms with Gasteiger partial charge >= 0.3 is 0 Å². The number of anilines is 1. The Morgan fingerprint density at radius 2 is 1.79 bits per heavy atom. The van der Waals surface area contributed by atoms with E-state index in [0.29, 0.717) is 24.5 Å². The molecule has 3 aliphatic rings. The molecular formula is C24H28N2O3. The van der Waals surface area contributed by atoms with E-state index in [0.717, 1.165) is 36.9 Å². The Hall–Kier alpha value is -2.69. The van der Waals surface area contributed by atoms with Crippen LogP contribution in [0.1, 0.15) is 50.2 Å². The third kappa shape index (κ3) is 3.33. The highest BCUT2D eigenvalue weighted by atomic mass is 16.5. The average Bonchev–Trinajstić information content (AvgIpc) is 2.70. The molecule has 0 radical (unpaired) electrons. The maximum atomic E-state index is 12.8.